The van der Waals surface area contributed by atoms with Gasteiger partial charge in [-0.15, -0.1) is 11.3 Å². The number of nitrogens with zero attached hydrogens (tertiary/aromatic N) is 2. The highest BCUT2D eigenvalue weighted by molar-refractivity contribution is 7.18. The van der Waals surface area contributed by atoms with Gasteiger partial charge in [0.15, 0.2) is 0 Å². The molecular formula is C23H27ClN4O4S. The Morgan fingerprint density at radius 3 is 2.61 bits per heavy atom. The van der Waals surface area contributed by atoms with Crippen LogP contribution in [0.15, 0.2) is 36.4 Å². The predicted octanol–water partition coefficient (Wildman–Crippen LogP) is 2.99. The number of morpholine rings is 1. The lowest BCUT2D eigenvalue weighted by Gasteiger charge is -2.39. The molecule has 0 spiro atoms. The van der Waals surface area contributed by atoms with Crippen LogP contribution in [0.25, 0.3) is 0 Å². The molecule has 0 unspecified atom stereocenters. The molecular weight excluding hydrogens is 464 g/mol. The first-order valence-corrected chi connectivity index (χ1v) is 12.2. The Kier molecular flexibility index (Phi) is 7.64. The van der Waals surface area contributed by atoms with E-state index in [1.165, 1.54) is 11.3 Å². The molecule has 1 atom stereocenters. The van der Waals surface area contributed by atoms with Crippen molar-refractivity contribution in [2.45, 2.75) is 31.3 Å². The number of thiophene rings is 1. The highest BCUT2D eigenvalue weighted by atomic mass is 35.5. The maximum absolute atomic E-state index is 13.2. The standard InChI is InChI=1S/C23H27ClN4O4S/c1-27(16-3-2-4-16)18(13-25-23(31)19-9-10-20(24)33-19)22(30)26-15-5-7-17(8-6-15)28-11-12-32-14-21(28)29/h5-10,16,18H,2-4,11-14H2,1H3,(H,25,31)(H,26,30)/t18-/m0/s1. The average molecular weight is 491 g/mol. The Labute approximate surface area is 201 Å². The molecule has 1 saturated heterocycles. The molecule has 2 aromatic rings. The fourth-order valence-electron chi connectivity index (χ4n) is 3.92. The van der Waals surface area contributed by atoms with Gasteiger partial charge in [0.1, 0.15) is 12.6 Å². The SMILES string of the molecule is CN(C1CCC1)[C@@H](CNC(=O)c1ccc(Cl)s1)C(=O)Nc1ccc(N2CCOCC2=O)cc1. The number of hydrogen-bond donors (Lipinski definition) is 2. The quantitative estimate of drug-likeness (QED) is 0.593. The number of hydrogen-bond acceptors (Lipinski definition) is 6. The third-order valence-corrected chi connectivity index (χ3v) is 7.36. The van der Waals surface area contributed by atoms with Crippen molar-refractivity contribution >= 4 is 52.0 Å². The van der Waals surface area contributed by atoms with Gasteiger partial charge in [-0.3, -0.25) is 19.3 Å². The molecule has 3 amide bonds. The summed E-state index contributed by atoms with van der Waals surface area (Å²) in [4.78, 5) is 41.9. The third kappa shape index (κ3) is 5.73. The number of benzene rings is 1. The summed E-state index contributed by atoms with van der Waals surface area (Å²) >= 11 is 7.14. The third-order valence-electron chi connectivity index (χ3n) is 6.13. The van der Waals surface area contributed by atoms with Gasteiger partial charge < -0.3 is 20.3 Å². The van der Waals surface area contributed by atoms with Crippen LogP contribution in [0.3, 0.4) is 0 Å². The molecule has 2 aliphatic rings. The molecule has 1 aliphatic heterocycles. The zero-order chi connectivity index (χ0) is 23.4. The van der Waals surface area contributed by atoms with Crippen molar-refractivity contribution in [1.82, 2.24) is 10.2 Å². The minimum absolute atomic E-state index is 0.0804. The molecule has 2 N–H and O–H groups in total. The van der Waals surface area contributed by atoms with E-state index in [1.807, 2.05) is 24.1 Å². The fraction of sp³-hybridized carbons (Fsp3) is 0.435. The van der Waals surface area contributed by atoms with Gasteiger partial charge in [-0.1, -0.05) is 18.0 Å². The van der Waals surface area contributed by atoms with Crippen LogP contribution >= 0.6 is 22.9 Å². The summed E-state index contributed by atoms with van der Waals surface area (Å²) in [6.45, 7) is 1.28. The summed E-state index contributed by atoms with van der Waals surface area (Å²) in [5.74, 6) is -0.515. The van der Waals surface area contributed by atoms with E-state index in [9.17, 15) is 14.4 Å². The number of likely N-dealkylation sites (N-methyl/N-ethyl adjacent to an activating group) is 1. The monoisotopic (exact) mass is 490 g/mol. The highest BCUT2D eigenvalue weighted by Crippen LogP contribution is 2.26. The van der Waals surface area contributed by atoms with E-state index in [-0.39, 0.29) is 30.9 Å². The van der Waals surface area contributed by atoms with Gasteiger partial charge in [-0.2, -0.15) is 0 Å². The minimum atomic E-state index is -0.518. The van der Waals surface area contributed by atoms with E-state index in [2.05, 4.69) is 10.6 Å². The van der Waals surface area contributed by atoms with Gasteiger partial charge in [0, 0.05) is 30.5 Å². The van der Waals surface area contributed by atoms with Gasteiger partial charge >= 0.3 is 0 Å². The summed E-state index contributed by atoms with van der Waals surface area (Å²) in [6.07, 6.45) is 3.22. The second-order valence-electron chi connectivity index (χ2n) is 8.21. The zero-order valence-corrected chi connectivity index (χ0v) is 20.0. The van der Waals surface area contributed by atoms with Crippen LogP contribution in [-0.4, -0.2) is 68.1 Å². The number of nitrogens with one attached hydrogen (secondary N) is 2. The van der Waals surface area contributed by atoms with Crippen molar-refractivity contribution in [1.29, 1.82) is 0 Å². The summed E-state index contributed by atoms with van der Waals surface area (Å²) in [5.41, 5.74) is 1.40. The van der Waals surface area contributed by atoms with Crippen molar-refractivity contribution in [3.05, 3.63) is 45.6 Å². The Balaban J connectivity index is 1.41. The molecule has 4 rings (SSSR count). The lowest BCUT2D eigenvalue weighted by molar-refractivity contribution is -0.125. The Hall–Kier alpha value is -2.46. The molecule has 1 aromatic carbocycles. The number of carbonyl (C=O) groups is 3. The first-order valence-electron chi connectivity index (χ1n) is 11.0. The summed E-state index contributed by atoms with van der Waals surface area (Å²) in [6, 6.07) is 10.3. The van der Waals surface area contributed by atoms with Crippen LogP contribution in [0.2, 0.25) is 4.34 Å². The number of carbonyl (C=O) groups excluding carboxylic acids is 3. The summed E-state index contributed by atoms with van der Waals surface area (Å²) in [5, 5.41) is 5.83. The zero-order valence-electron chi connectivity index (χ0n) is 18.4. The molecule has 2 heterocycles. The van der Waals surface area contributed by atoms with E-state index >= 15 is 0 Å². The molecule has 1 aromatic heterocycles. The Bertz CT molecular complexity index is 1010. The molecule has 1 saturated carbocycles. The van der Waals surface area contributed by atoms with Gasteiger partial charge in [-0.05, 0) is 56.3 Å². The van der Waals surface area contributed by atoms with Crippen LogP contribution < -0.4 is 15.5 Å². The number of rotatable bonds is 8. The molecule has 1 aliphatic carbocycles. The number of amides is 3. The highest BCUT2D eigenvalue weighted by Gasteiger charge is 2.32. The van der Waals surface area contributed by atoms with Crippen molar-refractivity contribution in [2.75, 3.05) is 43.6 Å². The maximum atomic E-state index is 13.2. The van der Waals surface area contributed by atoms with Gasteiger partial charge in [0.2, 0.25) is 5.91 Å². The van der Waals surface area contributed by atoms with Crippen LogP contribution in [0.1, 0.15) is 28.9 Å². The molecule has 0 bridgehead atoms. The summed E-state index contributed by atoms with van der Waals surface area (Å²) < 4.78 is 5.72. The van der Waals surface area contributed by atoms with E-state index in [4.69, 9.17) is 16.3 Å². The Morgan fingerprint density at radius 1 is 1.24 bits per heavy atom. The molecule has 176 valence electrons. The maximum Gasteiger partial charge on any atom is 0.261 e. The van der Waals surface area contributed by atoms with Gasteiger partial charge in [0.05, 0.1) is 15.8 Å². The average Bonchev–Trinajstić information content (AvgIpc) is 3.20. The van der Waals surface area contributed by atoms with Crippen molar-refractivity contribution in [3.8, 4) is 0 Å². The molecule has 0 radical (unpaired) electrons. The number of ether oxygens (including phenoxy) is 1. The number of anilines is 2. The van der Waals surface area contributed by atoms with E-state index in [1.54, 1.807) is 29.2 Å². The largest absolute Gasteiger partial charge is 0.370 e. The van der Waals surface area contributed by atoms with Crippen LogP contribution in [0.4, 0.5) is 11.4 Å². The van der Waals surface area contributed by atoms with E-state index in [0.29, 0.717) is 34.1 Å². The Morgan fingerprint density at radius 2 is 2.00 bits per heavy atom. The van der Waals surface area contributed by atoms with E-state index in [0.717, 1.165) is 24.9 Å². The van der Waals surface area contributed by atoms with Crippen LogP contribution in [-0.2, 0) is 14.3 Å². The molecule has 8 nitrogen and oxygen atoms in total. The molecule has 2 fully saturated rings. The second-order valence-corrected chi connectivity index (χ2v) is 9.93. The van der Waals surface area contributed by atoms with Gasteiger partial charge in [-0.25, -0.2) is 0 Å². The van der Waals surface area contributed by atoms with Crippen molar-refractivity contribution in [2.24, 2.45) is 0 Å². The number of halogens is 1. The van der Waals surface area contributed by atoms with Gasteiger partial charge in [0.25, 0.3) is 11.8 Å². The van der Waals surface area contributed by atoms with Crippen molar-refractivity contribution < 1.29 is 19.1 Å². The normalized spacial score (nSPS) is 17.5. The van der Waals surface area contributed by atoms with Crippen molar-refractivity contribution in [3.63, 3.8) is 0 Å². The van der Waals surface area contributed by atoms with Crippen LogP contribution in [0.5, 0.6) is 0 Å². The lowest BCUT2D eigenvalue weighted by Crippen LogP contribution is -2.54. The molecule has 10 heteroatoms. The molecule has 33 heavy (non-hydrogen) atoms. The smallest absolute Gasteiger partial charge is 0.261 e. The van der Waals surface area contributed by atoms with Crippen LogP contribution in [0, 0.1) is 0 Å². The van der Waals surface area contributed by atoms with E-state index < -0.39 is 6.04 Å². The predicted molar refractivity (Wildman–Crippen MR) is 129 cm³/mol. The second kappa shape index (κ2) is 10.6. The fourth-order valence-corrected chi connectivity index (χ4v) is 4.88. The topological polar surface area (TPSA) is 91.0 Å². The first kappa shape index (κ1) is 23.7. The minimum Gasteiger partial charge on any atom is -0.370 e. The first-order chi connectivity index (χ1) is 15.9. The summed E-state index contributed by atoms with van der Waals surface area (Å²) in [7, 11) is 1.93. The lowest BCUT2D eigenvalue weighted by atomic mass is 9.90.